The van der Waals surface area contributed by atoms with E-state index in [4.69, 9.17) is 9.47 Å². The smallest absolute Gasteiger partial charge is 0.248 e. The average molecular weight is 407 g/mol. The molecular weight excluding hydrogens is 380 g/mol. The number of carbonyl (C=O) groups is 1. The quantitative estimate of drug-likeness (QED) is 0.691. The number of methoxy groups -OCH3 is 1. The summed E-state index contributed by atoms with van der Waals surface area (Å²) in [7, 11) is -2.20. The summed E-state index contributed by atoms with van der Waals surface area (Å²) in [5.74, 6) is 0.690. The van der Waals surface area contributed by atoms with Crippen LogP contribution < -0.4 is 19.1 Å². The van der Waals surface area contributed by atoms with Crippen molar-refractivity contribution in [3.05, 3.63) is 48.5 Å². The summed E-state index contributed by atoms with van der Waals surface area (Å²) in [6, 6.07) is 12.7. The Morgan fingerprint density at radius 2 is 1.75 bits per heavy atom. The van der Waals surface area contributed by atoms with Crippen molar-refractivity contribution >= 4 is 27.3 Å². The molecule has 2 aromatic rings. The lowest BCUT2D eigenvalue weighted by atomic mass is 10.1. The first kappa shape index (κ1) is 21.6. The number of nitrogens with zero attached hydrogens (tertiary/aromatic N) is 1. The highest BCUT2D eigenvalue weighted by Crippen LogP contribution is 2.27. The second-order valence-electron chi connectivity index (χ2n) is 6.10. The van der Waals surface area contributed by atoms with E-state index in [1.807, 2.05) is 6.92 Å². The first-order valence-corrected chi connectivity index (χ1v) is 10.8. The molecule has 0 spiro atoms. The van der Waals surface area contributed by atoms with Crippen molar-refractivity contribution in [2.75, 3.05) is 29.6 Å². The van der Waals surface area contributed by atoms with E-state index in [9.17, 15) is 13.2 Å². The number of rotatable bonds is 9. The Hall–Kier alpha value is -2.74. The largest absolute Gasteiger partial charge is 0.495 e. The molecule has 0 fully saturated rings. The second-order valence-corrected chi connectivity index (χ2v) is 7.96. The van der Waals surface area contributed by atoms with Crippen molar-refractivity contribution in [2.45, 2.75) is 26.3 Å². The van der Waals surface area contributed by atoms with Crippen LogP contribution in [-0.4, -0.2) is 40.3 Å². The van der Waals surface area contributed by atoms with Crippen LogP contribution in [0.25, 0.3) is 0 Å². The lowest BCUT2D eigenvalue weighted by molar-refractivity contribution is -0.117. The fraction of sp³-hybridized carbons (Fsp3) is 0.350. The molecule has 0 aliphatic rings. The van der Waals surface area contributed by atoms with Crippen LogP contribution in [-0.2, 0) is 14.8 Å². The van der Waals surface area contributed by atoms with Crippen LogP contribution in [0.2, 0.25) is 0 Å². The molecule has 1 N–H and O–H groups in total. The Bertz CT molecular complexity index is 897. The van der Waals surface area contributed by atoms with Gasteiger partial charge in [0.1, 0.15) is 17.5 Å². The van der Waals surface area contributed by atoms with Crippen LogP contribution in [0.4, 0.5) is 11.4 Å². The Morgan fingerprint density at radius 1 is 1.11 bits per heavy atom. The number of para-hydroxylation sites is 2. The number of benzene rings is 2. The zero-order chi connectivity index (χ0) is 20.7. The summed E-state index contributed by atoms with van der Waals surface area (Å²) in [5.41, 5.74) is 0.876. The Morgan fingerprint density at radius 3 is 2.29 bits per heavy atom. The van der Waals surface area contributed by atoms with Gasteiger partial charge in [-0.3, -0.25) is 9.10 Å². The maximum absolute atomic E-state index is 12.9. The van der Waals surface area contributed by atoms with E-state index in [-0.39, 0.29) is 0 Å². The van der Waals surface area contributed by atoms with Gasteiger partial charge < -0.3 is 14.8 Å². The van der Waals surface area contributed by atoms with E-state index in [1.54, 1.807) is 55.5 Å². The minimum atomic E-state index is -3.71. The van der Waals surface area contributed by atoms with Gasteiger partial charge in [-0.15, -0.1) is 0 Å². The molecule has 8 heteroatoms. The molecule has 1 atom stereocenters. The average Bonchev–Trinajstić information content (AvgIpc) is 2.66. The highest BCUT2D eigenvalue weighted by atomic mass is 32.2. The molecule has 0 saturated carbocycles. The summed E-state index contributed by atoms with van der Waals surface area (Å²) in [6.07, 6.45) is 1.38. The van der Waals surface area contributed by atoms with E-state index < -0.39 is 22.0 Å². The fourth-order valence-corrected chi connectivity index (χ4v) is 4.09. The van der Waals surface area contributed by atoms with Crippen molar-refractivity contribution in [1.82, 2.24) is 0 Å². The topological polar surface area (TPSA) is 84.9 Å². The minimum absolute atomic E-state index is 0.293. The molecular formula is C20H26N2O5S. The van der Waals surface area contributed by atoms with E-state index in [0.717, 1.165) is 10.6 Å². The number of anilines is 2. The lowest BCUT2D eigenvalue weighted by Gasteiger charge is -2.30. The van der Waals surface area contributed by atoms with E-state index in [2.05, 4.69) is 5.32 Å². The van der Waals surface area contributed by atoms with Gasteiger partial charge in [0.25, 0.3) is 0 Å². The molecule has 0 bridgehead atoms. The normalized spacial score (nSPS) is 12.1. The van der Waals surface area contributed by atoms with Crippen LogP contribution in [0.5, 0.6) is 11.5 Å². The SMILES string of the molecule is CCOc1ccc(N([C@@H](CC)C(=O)Nc2ccccc2OC)S(C)(=O)=O)cc1. The molecule has 152 valence electrons. The van der Waals surface area contributed by atoms with Gasteiger partial charge in [0.05, 0.1) is 31.3 Å². The summed E-state index contributed by atoms with van der Waals surface area (Å²) in [6.45, 7) is 4.14. The molecule has 2 rings (SSSR count). The van der Waals surface area contributed by atoms with Crippen molar-refractivity contribution in [2.24, 2.45) is 0 Å². The van der Waals surface area contributed by atoms with Gasteiger partial charge in [0.2, 0.25) is 15.9 Å². The highest BCUT2D eigenvalue weighted by molar-refractivity contribution is 7.92. The predicted molar refractivity (Wildman–Crippen MR) is 111 cm³/mol. The molecule has 28 heavy (non-hydrogen) atoms. The summed E-state index contributed by atoms with van der Waals surface area (Å²) in [5, 5.41) is 2.77. The number of hydrogen-bond acceptors (Lipinski definition) is 5. The molecule has 0 aromatic heterocycles. The zero-order valence-corrected chi connectivity index (χ0v) is 17.3. The minimum Gasteiger partial charge on any atom is -0.495 e. The summed E-state index contributed by atoms with van der Waals surface area (Å²) >= 11 is 0. The van der Waals surface area contributed by atoms with Crippen molar-refractivity contribution in [1.29, 1.82) is 0 Å². The second kappa shape index (κ2) is 9.45. The Balaban J connectivity index is 2.36. The van der Waals surface area contributed by atoms with Gasteiger partial charge in [0, 0.05) is 0 Å². The maximum atomic E-state index is 12.9. The van der Waals surface area contributed by atoms with Crippen molar-refractivity contribution < 1.29 is 22.7 Å². The maximum Gasteiger partial charge on any atom is 0.248 e. The number of ether oxygens (including phenoxy) is 2. The van der Waals surface area contributed by atoms with Gasteiger partial charge in [-0.2, -0.15) is 0 Å². The van der Waals surface area contributed by atoms with E-state index in [1.165, 1.54) is 7.11 Å². The zero-order valence-electron chi connectivity index (χ0n) is 16.5. The third-order valence-corrected chi connectivity index (χ3v) is 5.28. The molecule has 0 radical (unpaired) electrons. The predicted octanol–water partition coefficient (Wildman–Crippen LogP) is 3.28. The van der Waals surface area contributed by atoms with Crippen LogP contribution in [0.3, 0.4) is 0 Å². The van der Waals surface area contributed by atoms with Crippen LogP contribution in [0.1, 0.15) is 20.3 Å². The monoisotopic (exact) mass is 406 g/mol. The number of sulfonamides is 1. The van der Waals surface area contributed by atoms with Gasteiger partial charge in [-0.05, 0) is 49.7 Å². The number of amides is 1. The molecule has 0 aliphatic carbocycles. The van der Waals surface area contributed by atoms with Gasteiger partial charge in [0.15, 0.2) is 0 Å². The molecule has 0 unspecified atom stereocenters. The van der Waals surface area contributed by atoms with Crippen LogP contribution >= 0.6 is 0 Å². The molecule has 2 aromatic carbocycles. The Kier molecular flexibility index (Phi) is 7.28. The molecule has 0 saturated heterocycles. The number of hydrogen-bond donors (Lipinski definition) is 1. The van der Waals surface area contributed by atoms with Gasteiger partial charge >= 0.3 is 0 Å². The van der Waals surface area contributed by atoms with E-state index >= 15 is 0 Å². The first-order valence-electron chi connectivity index (χ1n) is 8.98. The number of nitrogens with one attached hydrogen (secondary N) is 1. The van der Waals surface area contributed by atoms with Crippen molar-refractivity contribution in [3.63, 3.8) is 0 Å². The standard InChI is InChI=1S/C20H26N2O5S/c1-5-18(20(23)21-17-9-7-8-10-19(17)26-3)22(28(4,24)25)15-11-13-16(14-12-15)27-6-2/h7-14,18H,5-6H2,1-4H3,(H,21,23)/t18-/m0/s1. The van der Waals surface area contributed by atoms with E-state index in [0.29, 0.717) is 35.9 Å². The highest BCUT2D eigenvalue weighted by Gasteiger charge is 2.31. The number of carbonyl (C=O) groups excluding carboxylic acids is 1. The third-order valence-electron chi connectivity index (χ3n) is 4.10. The van der Waals surface area contributed by atoms with Gasteiger partial charge in [-0.25, -0.2) is 8.42 Å². The van der Waals surface area contributed by atoms with Crippen LogP contribution in [0.15, 0.2) is 48.5 Å². The van der Waals surface area contributed by atoms with Crippen LogP contribution in [0, 0.1) is 0 Å². The summed E-state index contributed by atoms with van der Waals surface area (Å²) in [4.78, 5) is 12.9. The molecule has 0 heterocycles. The summed E-state index contributed by atoms with van der Waals surface area (Å²) < 4.78 is 36.8. The molecule has 1 amide bonds. The molecule has 0 aliphatic heterocycles. The van der Waals surface area contributed by atoms with Crippen molar-refractivity contribution in [3.8, 4) is 11.5 Å². The Labute approximate surface area is 166 Å². The van der Waals surface area contributed by atoms with Gasteiger partial charge in [-0.1, -0.05) is 19.1 Å². The third kappa shape index (κ3) is 5.16. The lowest BCUT2D eigenvalue weighted by Crippen LogP contribution is -2.47. The molecule has 7 nitrogen and oxygen atoms in total. The fourth-order valence-electron chi connectivity index (χ4n) is 2.88. The first-order chi connectivity index (χ1) is 13.3.